The van der Waals surface area contributed by atoms with Gasteiger partial charge >= 0.3 is 0 Å². The van der Waals surface area contributed by atoms with E-state index in [-0.39, 0.29) is 49.6 Å². The minimum atomic E-state index is -3.58. The summed E-state index contributed by atoms with van der Waals surface area (Å²) in [7, 11) is -3.58. The number of hydrogen-bond donors (Lipinski definition) is 1. The van der Waals surface area contributed by atoms with Crippen molar-refractivity contribution in [2.45, 2.75) is 76.9 Å². The Morgan fingerprint density at radius 3 is 2.28 bits per heavy atom. The van der Waals surface area contributed by atoms with Crippen LogP contribution in [0.2, 0.25) is 0 Å². The molecule has 1 fully saturated rings. The molecule has 1 aliphatic rings. The van der Waals surface area contributed by atoms with Crippen LogP contribution in [0.25, 0.3) is 0 Å². The second-order valence-corrected chi connectivity index (χ2v) is 13.4. The summed E-state index contributed by atoms with van der Waals surface area (Å²) in [6.45, 7) is 2.14. The molecule has 7 nitrogen and oxygen atoms in total. The third kappa shape index (κ3) is 9.64. The molecule has 0 unspecified atom stereocenters. The number of nitrogens with zero attached hydrogens (tertiary/aromatic N) is 2. The summed E-state index contributed by atoms with van der Waals surface area (Å²) >= 11 is 0. The molecule has 1 N–H and O–H groups in total. The van der Waals surface area contributed by atoms with Crippen molar-refractivity contribution in [2.24, 2.45) is 0 Å². The Morgan fingerprint density at radius 2 is 1.63 bits per heavy atom. The largest absolute Gasteiger partial charge is 0.352 e. The van der Waals surface area contributed by atoms with Gasteiger partial charge in [0.25, 0.3) is 0 Å². The van der Waals surface area contributed by atoms with E-state index in [1.165, 1.54) is 16.4 Å². The van der Waals surface area contributed by atoms with Crippen LogP contribution in [0.3, 0.4) is 0 Å². The number of hydrogen-bond acceptors (Lipinski definition) is 4. The number of benzene rings is 3. The highest BCUT2D eigenvalue weighted by Gasteiger charge is 2.32. The fourth-order valence-electron chi connectivity index (χ4n) is 5.67. The molecule has 0 saturated heterocycles. The summed E-state index contributed by atoms with van der Waals surface area (Å²) in [5.74, 6) is -0.847. The molecular weight excluding hydrogens is 565 g/mol. The number of anilines is 1. The maximum absolute atomic E-state index is 14.0. The first kappa shape index (κ1) is 32.2. The van der Waals surface area contributed by atoms with Gasteiger partial charge in [0.1, 0.15) is 11.9 Å². The summed E-state index contributed by atoms with van der Waals surface area (Å²) in [5, 5.41) is 3.21. The van der Waals surface area contributed by atoms with Crippen LogP contribution in [0.5, 0.6) is 0 Å². The van der Waals surface area contributed by atoms with Crippen LogP contribution in [-0.2, 0) is 32.6 Å². The molecule has 1 atom stereocenters. The maximum Gasteiger partial charge on any atom is 0.243 e. The SMILES string of the molecule is Cc1cccc(N(CCCC(=O)N(Cc2ccc(F)cc2)[C@H](Cc2ccccc2)C(=O)NC2CCCCC2)S(C)(=O)=O)c1. The topological polar surface area (TPSA) is 86.8 Å². The summed E-state index contributed by atoms with van der Waals surface area (Å²) in [6, 6.07) is 22.0. The second-order valence-electron chi connectivity index (χ2n) is 11.5. The first-order valence-electron chi connectivity index (χ1n) is 15.0. The molecule has 0 spiro atoms. The Morgan fingerprint density at radius 1 is 0.930 bits per heavy atom. The van der Waals surface area contributed by atoms with Gasteiger partial charge in [-0.15, -0.1) is 0 Å². The first-order valence-corrected chi connectivity index (χ1v) is 16.9. The molecule has 230 valence electrons. The molecule has 0 radical (unpaired) electrons. The quantitative estimate of drug-likeness (QED) is 0.267. The van der Waals surface area contributed by atoms with Gasteiger partial charge in [-0.1, -0.05) is 73.9 Å². The van der Waals surface area contributed by atoms with Crippen molar-refractivity contribution in [3.05, 3.63) is 101 Å². The van der Waals surface area contributed by atoms with Crippen LogP contribution in [0, 0.1) is 12.7 Å². The molecule has 2 amide bonds. The zero-order valence-corrected chi connectivity index (χ0v) is 25.9. The van der Waals surface area contributed by atoms with E-state index < -0.39 is 16.1 Å². The highest BCUT2D eigenvalue weighted by atomic mass is 32.2. The lowest BCUT2D eigenvalue weighted by Crippen LogP contribution is -2.52. The highest BCUT2D eigenvalue weighted by Crippen LogP contribution is 2.22. The smallest absolute Gasteiger partial charge is 0.243 e. The average molecular weight is 608 g/mol. The number of carbonyl (C=O) groups is 2. The minimum absolute atomic E-state index is 0.0427. The number of amides is 2. The molecule has 0 aromatic heterocycles. The zero-order chi connectivity index (χ0) is 30.8. The normalized spacial score (nSPS) is 14.6. The van der Waals surface area contributed by atoms with Gasteiger partial charge in [-0.2, -0.15) is 0 Å². The molecule has 0 heterocycles. The van der Waals surface area contributed by atoms with Gasteiger partial charge in [0, 0.05) is 32.0 Å². The monoisotopic (exact) mass is 607 g/mol. The summed E-state index contributed by atoms with van der Waals surface area (Å²) in [5.41, 5.74) is 3.11. The number of rotatable bonds is 13. The minimum Gasteiger partial charge on any atom is -0.352 e. The van der Waals surface area contributed by atoms with E-state index in [4.69, 9.17) is 0 Å². The third-order valence-corrected chi connectivity index (χ3v) is 9.12. The van der Waals surface area contributed by atoms with E-state index in [1.807, 2.05) is 43.3 Å². The molecule has 0 aliphatic heterocycles. The molecule has 0 bridgehead atoms. The van der Waals surface area contributed by atoms with Crippen molar-refractivity contribution in [2.75, 3.05) is 17.1 Å². The number of nitrogens with one attached hydrogen (secondary N) is 1. The van der Waals surface area contributed by atoms with Crippen molar-refractivity contribution >= 4 is 27.5 Å². The van der Waals surface area contributed by atoms with Crippen molar-refractivity contribution < 1.29 is 22.4 Å². The van der Waals surface area contributed by atoms with Crippen LogP contribution >= 0.6 is 0 Å². The lowest BCUT2D eigenvalue weighted by Gasteiger charge is -2.34. The summed E-state index contributed by atoms with van der Waals surface area (Å²) < 4.78 is 40.4. The van der Waals surface area contributed by atoms with Crippen molar-refractivity contribution in [1.82, 2.24) is 10.2 Å². The van der Waals surface area contributed by atoms with Gasteiger partial charge in [0.15, 0.2) is 0 Å². The van der Waals surface area contributed by atoms with E-state index >= 15 is 0 Å². The lowest BCUT2D eigenvalue weighted by molar-refractivity contribution is -0.141. The fourth-order valence-corrected chi connectivity index (χ4v) is 6.63. The van der Waals surface area contributed by atoms with E-state index in [2.05, 4.69) is 5.32 Å². The second kappa shape index (κ2) is 15.1. The van der Waals surface area contributed by atoms with Gasteiger partial charge in [0.05, 0.1) is 11.9 Å². The highest BCUT2D eigenvalue weighted by molar-refractivity contribution is 7.92. The number of aryl methyl sites for hydroxylation is 1. The van der Waals surface area contributed by atoms with Crippen LogP contribution in [0.15, 0.2) is 78.9 Å². The molecule has 1 saturated carbocycles. The zero-order valence-electron chi connectivity index (χ0n) is 25.0. The summed E-state index contributed by atoms with van der Waals surface area (Å²) in [4.78, 5) is 29.4. The molecule has 3 aromatic carbocycles. The summed E-state index contributed by atoms with van der Waals surface area (Å²) in [6.07, 6.45) is 6.89. The van der Waals surface area contributed by atoms with Gasteiger partial charge in [-0.3, -0.25) is 13.9 Å². The first-order chi connectivity index (χ1) is 20.6. The van der Waals surface area contributed by atoms with Crippen LogP contribution in [0.1, 0.15) is 61.6 Å². The van der Waals surface area contributed by atoms with Gasteiger partial charge in [-0.05, 0) is 67.1 Å². The Hall–Kier alpha value is -3.72. The Bertz CT molecular complexity index is 1460. The third-order valence-electron chi connectivity index (χ3n) is 7.93. The Balaban J connectivity index is 1.58. The lowest BCUT2D eigenvalue weighted by atomic mass is 9.94. The number of halogens is 1. The van der Waals surface area contributed by atoms with Gasteiger partial charge in [0.2, 0.25) is 21.8 Å². The van der Waals surface area contributed by atoms with E-state index in [1.54, 1.807) is 35.2 Å². The van der Waals surface area contributed by atoms with Gasteiger partial charge < -0.3 is 10.2 Å². The molecule has 43 heavy (non-hydrogen) atoms. The predicted octanol–water partition coefficient (Wildman–Crippen LogP) is 5.77. The van der Waals surface area contributed by atoms with Crippen LogP contribution < -0.4 is 9.62 Å². The molecule has 4 rings (SSSR count). The van der Waals surface area contributed by atoms with Crippen molar-refractivity contribution in [3.8, 4) is 0 Å². The van der Waals surface area contributed by atoms with Gasteiger partial charge in [-0.25, -0.2) is 12.8 Å². The standard InChI is InChI=1S/C34H42FN3O4S/c1-26-11-9-16-31(23-26)38(43(2,41)42)22-10-17-33(39)37(25-28-18-20-29(35)21-19-28)32(24-27-12-5-3-6-13-27)34(40)36-30-14-7-4-8-15-30/h3,5-6,9,11-13,16,18-21,23,30,32H,4,7-8,10,14-15,17,22,24-25H2,1-2H3,(H,36,40)/t32-/m1/s1. The number of carbonyl (C=O) groups excluding carboxylic acids is 2. The molecule has 1 aliphatic carbocycles. The Labute approximate surface area is 255 Å². The maximum atomic E-state index is 14.0. The molecule has 3 aromatic rings. The van der Waals surface area contributed by atoms with E-state index in [9.17, 15) is 22.4 Å². The van der Waals surface area contributed by atoms with Crippen LogP contribution in [-0.4, -0.2) is 50.0 Å². The molecular formula is C34H42FN3O4S. The fraction of sp³-hybridized carbons (Fsp3) is 0.412. The molecule has 9 heteroatoms. The predicted molar refractivity (Wildman–Crippen MR) is 169 cm³/mol. The van der Waals surface area contributed by atoms with Crippen LogP contribution in [0.4, 0.5) is 10.1 Å². The van der Waals surface area contributed by atoms with E-state index in [0.717, 1.165) is 49.5 Å². The van der Waals surface area contributed by atoms with E-state index in [0.29, 0.717) is 17.7 Å². The van der Waals surface area contributed by atoms with Crippen molar-refractivity contribution in [3.63, 3.8) is 0 Å². The Kier molecular flexibility index (Phi) is 11.3. The van der Waals surface area contributed by atoms with Crippen molar-refractivity contribution in [1.29, 1.82) is 0 Å². The number of sulfonamides is 1. The average Bonchev–Trinajstić information content (AvgIpc) is 2.98.